The Morgan fingerprint density at radius 1 is 1.53 bits per heavy atom. The van der Waals surface area contributed by atoms with Crippen LogP contribution in [0.1, 0.15) is 30.9 Å². The average molecular weight is 204 g/mol. The minimum atomic E-state index is 0.301. The molecule has 1 aliphatic heterocycles. The van der Waals surface area contributed by atoms with Crippen LogP contribution in [0.15, 0.2) is 18.2 Å². The summed E-state index contributed by atoms with van der Waals surface area (Å²) in [6.07, 6.45) is 4.81. The van der Waals surface area contributed by atoms with Crippen molar-refractivity contribution in [1.82, 2.24) is 0 Å². The van der Waals surface area contributed by atoms with Gasteiger partial charge in [0.2, 0.25) is 0 Å². The number of para-hydroxylation sites is 1. The molecule has 1 heterocycles. The second-order valence-corrected chi connectivity index (χ2v) is 4.08. The van der Waals surface area contributed by atoms with Crippen LogP contribution in [0.2, 0.25) is 0 Å². The number of carbonyl (C=O) groups excluding carboxylic acids is 1. The van der Waals surface area contributed by atoms with Crippen molar-refractivity contribution in [1.29, 1.82) is 0 Å². The van der Waals surface area contributed by atoms with E-state index >= 15 is 0 Å². The summed E-state index contributed by atoms with van der Waals surface area (Å²) >= 11 is 0. The summed E-state index contributed by atoms with van der Waals surface area (Å²) in [5, 5.41) is 0. The monoisotopic (exact) mass is 204 g/mol. The molecular weight excluding hydrogens is 188 g/mol. The first-order valence-electron chi connectivity index (χ1n) is 5.52. The molecule has 0 N–H and O–H groups in total. The SMILES string of the molecule is CC1CCc2cccc(CCC=O)c2O1. The lowest BCUT2D eigenvalue weighted by Gasteiger charge is -2.25. The van der Waals surface area contributed by atoms with Crippen LogP contribution in [0.25, 0.3) is 0 Å². The van der Waals surface area contributed by atoms with Gasteiger partial charge in [0.1, 0.15) is 12.0 Å². The van der Waals surface area contributed by atoms with Gasteiger partial charge in [-0.3, -0.25) is 0 Å². The first-order chi connectivity index (χ1) is 7.31. The van der Waals surface area contributed by atoms with Gasteiger partial charge in [0.05, 0.1) is 6.10 Å². The minimum absolute atomic E-state index is 0.301. The van der Waals surface area contributed by atoms with Crippen molar-refractivity contribution >= 4 is 6.29 Å². The summed E-state index contributed by atoms with van der Waals surface area (Å²) in [5.74, 6) is 1.03. The van der Waals surface area contributed by atoms with E-state index in [1.165, 1.54) is 11.1 Å². The fourth-order valence-corrected chi connectivity index (χ4v) is 2.02. The lowest BCUT2D eigenvalue weighted by atomic mass is 9.98. The molecule has 0 aromatic heterocycles. The summed E-state index contributed by atoms with van der Waals surface area (Å²) in [6, 6.07) is 6.23. The second-order valence-electron chi connectivity index (χ2n) is 4.08. The van der Waals surface area contributed by atoms with Crippen molar-refractivity contribution in [3.63, 3.8) is 0 Å². The number of aryl methyl sites for hydroxylation is 2. The summed E-state index contributed by atoms with van der Waals surface area (Å²) in [7, 11) is 0. The third-order valence-corrected chi connectivity index (χ3v) is 2.85. The van der Waals surface area contributed by atoms with Crippen molar-refractivity contribution in [3.05, 3.63) is 29.3 Å². The van der Waals surface area contributed by atoms with Crippen LogP contribution in [0.3, 0.4) is 0 Å². The molecule has 80 valence electrons. The fraction of sp³-hybridized carbons (Fsp3) is 0.462. The number of aldehydes is 1. The lowest BCUT2D eigenvalue weighted by molar-refractivity contribution is -0.107. The van der Waals surface area contributed by atoms with Crippen molar-refractivity contribution in [2.45, 2.75) is 38.7 Å². The zero-order valence-electron chi connectivity index (χ0n) is 9.03. The van der Waals surface area contributed by atoms with Crippen LogP contribution in [0.5, 0.6) is 5.75 Å². The van der Waals surface area contributed by atoms with E-state index in [9.17, 15) is 4.79 Å². The number of rotatable bonds is 3. The summed E-state index contributed by atoms with van der Waals surface area (Å²) in [4.78, 5) is 10.4. The van der Waals surface area contributed by atoms with E-state index in [0.29, 0.717) is 12.5 Å². The summed E-state index contributed by atoms with van der Waals surface area (Å²) < 4.78 is 5.84. The molecule has 1 aromatic rings. The molecule has 0 saturated heterocycles. The van der Waals surface area contributed by atoms with Crippen molar-refractivity contribution < 1.29 is 9.53 Å². The summed E-state index contributed by atoms with van der Waals surface area (Å²) in [6.45, 7) is 2.10. The molecule has 2 heteroatoms. The highest BCUT2D eigenvalue weighted by molar-refractivity contribution is 5.52. The lowest BCUT2D eigenvalue weighted by Crippen LogP contribution is -2.20. The van der Waals surface area contributed by atoms with Gasteiger partial charge in [-0.1, -0.05) is 18.2 Å². The van der Waals surface area contributed by atoms with Gasteiger partial charge >= 0.3 is 0 Å². The third-order valence-electron chi connectivity index (χ3n) is 2.85. The largest absolute Gasteiger partial charge is 0.490 e. The van der Waals surface area contributed by atoms with E-state index < -0.39 is 0 Å². The van der Waals surface area contributed by atoms with Crippen LogP contribution >= 0.6 is 0 Å². The molecule has 0 aliphatic carbocycles. The topological polar surface area (TPSA) is 26.3 Å². The van der Waals surface area contributed by atoms with Crippen LogP contribution in [-0.4, -0.2) is 12.4 Å². The Kier molecular flexibility index (Phi) is 3.05. The molecule has 1 unspecified atom stereocenters. The zero-order chi connectivity index (χ0) is 10.7. The Labute approximate surface area is 90.3 Å². The molecular formula is C13H16O2. The molecule has 1 aromatic carbocycles. The number of hydrogen-bond donors (Lipinski definition) is 0. The van der Waals surface area contributed by atoms with Gasteiger partial charge in [-0.15, -0.1) is 0 Å². The smallest absolute Gasteiger partial charge is 0.126 e. The highest BCUT2D eigenvalue weighted by Gasteiger charge is 2.18. The van der Waals surface area contributed by atoms with Crippen LogP contribution in [0, 0.1) is 0 Å². The zero-order valence-corrected chi connectivity index (χ0v) is 9.03. The maximum Gasteiger partial charge on any atom is 0.126 e. The molecule has 1 atom stereocenters. The van der Waals surface area contributed by atoms with E-state index in [4.69, 9.17) is 4.74 Å². The molecule has 0 spiro atoms. The highest BCUT2D eigenvalue weighted by Crippen LogP contribution is 2.31. The summed E-state index contributed by atoms with van der Waals surface area (Å²) in [5.41, 5.74) is 2.46. The van der Waals surface area contributed by atoms with Gasteiger partial charge < -0.3 is 9.53 Å². The first-order valence-corrected chi connectivity index (χ1v) is 5.52. The number of benzene rings is 1. The van der Waals surface area contributed by atoms with E-state index in [2.05, 4.69) is 25.1 Å². The van der Waals surface area contributed by atoms with Crippen molar-refractivity contribution in [2.24, 2.45) is 0 Å². The quantitative estimate of drug-likeness (QED) is 0.707. The van der Waals surface area contributed by atoms with E-state index in [1.54, 1.807) is 0 Å². The van der Waals surface area contributed by atoms with Gasteiger partial charge in [-0.05, 0) is 37.3 Å². The second kappa shape index (κ2) is 4.47. The minimum Gasteiger partial charge on any atom is -0.490 e. The van der Waals surface area contributed by atoms with Crippen LogP contribution in [0.4, 0.5) is 0 Å². The van der Waals surface area contributed by atoms with Crippen molar-refractivity contribution in [3.8, 4) is 5.75 Å². The van der Waals surface area contributed by atoms with E-state index in [-0.39, 0.29) is 0 Å². The van der Waals surface area contributed by atoms with Gasteiger partial charge in [-0.2, -0.15) is 0 Å². The average Bonchev–Trinajstić information content (AvgIpc) is 2.26. The molecule has 15 heavy (non-hydrogen) atoms. The van der Waals surface area contributed by atoms with E-state index in [1.807, 2.05) is 0 Å². The molecule has 0 saturated carbocycles. The normalized spacial score (nSPS) is 19.1. The molecule has 2 rings (SSSR count). The Bertz CT molecular complexity index is 358. The molecule has 0 bridgehead atoms. The molecule has 0 amide bonds. The first kappa shape index (κ1) is 10.2. The number of hydrogen-bond acceptors (Lipinski definition) is 2. The maximum atomic E-state index is 10.4. The van der Waals surface area contributed by atoms with Crippen LogP contribution in [-0.2, 0) is 17.6 Å². The Morgan fingerprint density at radius 3 is 3.20 bits per heavy atom. The standard InChI is InChI=1S/C13H16O2/c1-10-7-8-12-5-2-4-11(6-3-9-14)13(12)15-10/h2,4-5,9-10H,3,6-8H2,1H3. The third kappa shape index (κ3) is 2.20. The number of ether oxygens (including phenoxy) is 1. The van der Waals surface area contributed by atoms with Gasteiger partial charge in [0.15, 0.2) is 0 Å². The molecule has 0 fully saturated rings. The van der Waals surface area contributed by atoms with Gasteiger partial charge in [-0.25, -0.2) is 0 Å². The predicted molar refractivity (Wildman–Crippen MR) is 59.2 cm³/mol. The Morgan fingerprint density at radius 2 is 2.40 bits per heavy atom. The van der Waals surface area contributed by atoms with Crippen LogP contribution < -0.4 is 4.74 Å². The fourth-order valence-electron chi connectivity index (χ4n) is 2.02. The predicted octanol–water partition coefficient (Wildman–Crippen LogP) is 2.53. The maximum absolute atomic E-state index is 10.4. The number of carbonyl (C=O) groups is 1. The van der Waals surface area contributed by atoms with Gasteiger partial charge in [0, 0.05) is 6.42 Å². The Hall–Kier alpha value is -1.31. The number of fused-ring (bicyclic) bond motifs is 1. The highest BCUT2D eigenvalue weighted by atomic mass is 16.5. The van der Waals surface area contributed by atoms with Gasteiger partial charge in [0.25, 0.3) is 0 Å². The van der Waals surface area contributed by atoms with E-state index in [0.717, 1.165) is 31.3 Å². The van der Waals surface area contributed by atoms with Crippen molar-refractivity contribution in [2.75, 3.05) is 0 Å². The molecule has 1 aliphatic rings. The molecule has 0 radical (unpaired) electrons. The molecule has 2 nitrogen and oxygen atoms in total. The Balaban J connectivity index is 2.26.